The van der Waals surface area contributed by atoms with Crippen molar-refractivity contribution in [3.63, 3.8) is 0 Å². The summed E-state index contributed by atoms with van der Waals surface area (Å²) in [7, 11) is 0. The molecule has 4 heteroatoms. The molecule has 0 aliphatic heterocycles. The summed E-state index contributed by atoms with van der Waals surface area (Å²) in [6, 6.07) is 18.8. The van der Waals surface area contributed by atoms with Crippen molar-refractivity contribution in [2.24, 2.45) is 5.41 Å². The summed E-state index contributed by atoms with van der Waals surface area (Å²) >= 11 is 0. The Morgan fingerprint density at radius 2 is 1.73 bits per heavy atom. The summed E-state index contributed by atoms with van der Waals surface area (Å²) in [6.45, 7) is 8.56. The van der Waals surface area contributed by atoms with Gasteiger partial charge in [0.15, 0.2) is 0 Å². The van der Waals surface area contributed by atoms with Crippen molar-refractivity contribution in [1.29, 1.82) is 0 Å². The molecule has 26 heavy (non-hydrogen) atoms. The third kappa shape index (κ3) is 3.79. The molecule has 3 aromatic rings. The summed E-state index contributed by atoms with van der Waals surface area (Å²) in [4.78, 5) is 17.0. The van der Waals surface area contributed by atoms with Crippen molar-refractivity contribution < 1.29 is 4.79 Å². The number of imidazole rings is 1. The molecule has 0 fully saturated rings. The maximum atomic E-state index is 12.1. The first kappa shape index (κ1) is 18.2. The van der Waals surface area contributed by atoms with Crippen LogP contribution in [-0.2, 0) is 11.2 Å². The SMILES string of the molecule is C[C@H](c1ccccc1)n1c(CCNC(=O)C(C)(C)C)nc2ccccc21. The Kier molecular flexibility index (Phi) is 5.12. The maximum Gasteiger partial charge on any atom is 0.225 e. The zero-order valence-corrected chi connectivity index (χ0v) is 16.0. The van der Waals surface area contributed by atoms with Crippen LogP contribution in [0.5, 0.6) is 0 Å². The van der Waals surface area contributed by atoms with E-state index in [1.807, 2.05) is 45.0 Å². The number of nitrogens with one attached hydrogen (secondary N) is 1. The Morgan fingerprint density at radius 1 is 1.08 bits per heavy atom. The first-order valence-corrected chi connectivity index (χ1v) is 9.17. The number of amides is 1. The highest BCUT2D eigenvalue weighted by atomic mass is 16.2. The molecule has 3 rings (SSSR count). The second-order valence-electron chi connectivity index (χ2n) is 7.73. The van der Waals surface area contributed by atoms with Crippen molar-refractivity contribution in [3.05, 3.63) is 66.0 Å². The number of carbonyl (C=O) groups excluding carboxylic acids is 1. The van der Waals surface area contributed by atoms with Gasteiger partial charge in [-0.05, 0) is 24.6 Å². The van der Waals surface area contributed by atoms with E-state index in [0.717, 1.165) is 16.9 Å². The standard InChI is InChI=1S/C22H27N3O/c1-16(17-10-6-5-7-11-17)25-19-13-9-8-12-18(19)24-20(25)14-15-23-21(26)22(2,3)4/h5-13,16H,14-15H2,1-4H3,(H,23,26)/t16-/m1/s1. The highest BCUT2D eigenvalue weighted by Gasteiger charge is 2.21. The molecule has 0 unspecified atom stereocenters. The normalized spacial score (nSPS) is 12.9. The van der Waals surface area contributed by atoms with Crippen molar-refractivity contribution >= 4 is 16.9 Å². The monoisotopic (exact) mass is 349 g/mol. The average Bonchev–Trinajstić information content (AvgIpc) is 2.99. The summed E-state index contributed by atoms with van der Waals surface area (Å²) in [5.74, 6) is 1.06. The molecule has 0 aliphatic rings. The molecule has 0 aliphatic carbocycles. The number of carbonyl (C=O) groups is 1. The van der Waals surface area contributed by atoms with Gasteiger partial charge in [-0.15, -0.1) is 0 Å². The van der Waals surface area contributed by atoms with Gasteiger partial charge in [0.1, 0.15) is 5.82 Å². The van der Waals surface area contributed by atoms with Crippen molar-refractivity contribution in [2.75, 3.05) is 6.54 Å². The minimum absolute atomic E-state index is 0.0660. The van der Waals surface area contributed by atoms with E-state index in [-0.39, 0.29) is 17.4 Å². The summed E-state index contributed by atoms with van der Waals surface area (Å²) in [5.41, 5.74) is 2.99. The van der Waals surface area contributed by atoms with E-state index >= 15 is 0 Å². The van der Waals surface area contributed by atoms with Crippen molar-refractivity contribution in [3.8, 4) is 0 Å². The van der Waals surface area contributed by atoms with Crippen LogP contribution in [0.1, 0.15) is 45.1 Å². The number of nitrogens with zero attached hydrogens (tertiary/aromatic N) is 2. The minimum Gasteiger partial charge on any atom is -0.355 e. The van der Waals surface area contributed by atoms with Crippen LogP contribution in [0.2, 0.25) is 0 Å². The second kappa shape index (κ2) is 7.32. The molecular formula is C22H27N3O. The number of hydrogen-bond acceptors (Lipinski definition) is 2. The largest absolute Gasteiger partial charge is 0.355 e. The molecule has 136 valence electrons. The third-order valence-corrected chi connectivity index (χ3v) is 4.65. The van der Waals surface area contributed by atoms with Gasteiger partial charge in [0.05, 0.1) is 17.1 Å². The van der Waals surface area contributed by atoms with E-state index < -0.39 is 0 Å². The Hall–Kier alpha value is -2.62. The lowest BCUT2D eigenvalue weighted by Crippen LogP contribution is -2.36. The number of para-hydroxylation sites is 2. The fourth-order valence-electron chi connectivity index (χ4n) is 3.14. The molecule has 0 bridgehead atoms. The molecule has 1 heterocycles. The lowest BCUT2D eigenvalue weighted by atomic mass is 9.96. The predicted octanol–water partition coefficient (Wildman–Crippen LogP) is 4.35. The van der Waals surface area contributed by atoms with Gasteiger partial charge in [0.25, 0.3) is 0 Å². The van der Waals surface area contributed by atoms with Gasteiger partial charge in [-0.25, -0.2) is 4.98 Å². The van der Waals surface area contributed by atoms with E-state index in [4.69, 9.17) is 4.98 Å². The van der Waals surface area contributed by atoms with Gasteiger partial charge < -0.3 is 9.88 Å². The summed E-state index contributed by atoms with van der Waals surface area (Å²) in [6.07, 6.45) is 0.702. The van der Waals surface area contributed by atoms with E-state index in [9.17, 15) is 4.79 Å². The Morgan fingerprint density at radius 3 is 2.42 bits per heavy atom. The number of rotatable bonds is 5. The number of benzene rings is 2. The highest BCUT2D eigenvalue weighted by Crippen LogP contribution is 2.26. The Balaban J connectivity index is 1.89. The van der Waals surface area contributed by atoms with E-state index in [1.165, 1.54) is 5.56 Å². The molecule has 1 amide bonds. The molecule has 1 aromatic heterocycles. The van der Waals surface area contributed by atoms with E-state index in [2.05, 4.69) is 47.1 Å². The second-order valence-corrected chi connectivity index (χ2v) is 7.73. The Labute approximate surface area is 155 Å². The van der Waals surface area contributed by atoms with Crippen LogP contribution in [0.25, 0.3) is 11.0 Å². The number of hydrogen-bond donors (Lipinski definition) is 1. The lowest BCUT2D eigenvalue weighted by Gasteiger charge is -2.20. The molecular weight excluding hydrogens is 322 g/mol. The Bertz CT molecular complexity index is 891. The molecule has 0 saturated carbocycles. The molecule has 0 radical (unpaired) electrons. The van der Waals surface area contributed by atoms with Gasteiger partial charge in [-0.2, -0.15) is 0 Å². The fourth-order valence-corrected chi connectivity index (χ4v) is 3.14. The lowest BCUT2D eigenvalue weighted by molar-refractivity contribution is -0.128. The van der Waals surface area contributed by atoms with Gasteiger partial charge in [-0.1, -0.05) is 63.2 Å². The smallest absolute Gasteiger partial charge is 0.225 e. The van der Waals surface area contributed by atoms with Crippen LogP contribution in [0, 0.1) is 5.41 Å². The zero-order chi connectivity index (χ0) is 18.7. The quantitative estimate of drug-likeness (QED) is 0.744. The summed E-state index contributed by atoms with van der Waals surface area (Å²) < 4.78 is 2.29. The van der Waals surface area contributed by atoms with E-state index in [1.54, 1.807) is 0 Å². The molecule has 0 spiro atoms. The summed E-state index contributed by atoms with van der Waals surface area (Å²) in [5, 5.41) is 3.03. The van der Waals surface area contributed by atoms with E-state index in [0.29, 0.717) is 13.0 Å². The topological polar surface area (TPSA) is 46.9 Å². The van der Waals surface area contributed by atoms with Crippen LogP contribution >= 0.6 is 0 Å². The molecule has 2 aromatic carbocycles. The van der Waals surface area contributed by atoms with Gasteiger partial charge in [0, 0.05) is 18.4 Å². The van der Waals surface area contributed by atoms with Gasteiger partial charge in [0.2, 0.25) is 5.91 Å². The number of fused-ring (bicyclic) bond motifs is 1. The van der Waals surface area contributed by atoms with Gasteiger partial charge in [-0.3, -0.25) is 4.79 Å². The van der Waals surface area contributed by atoms with Crippen LogP contribution in [-0.4, -0.2) is 22.0 Å². The maximum absolute atomic E-state index is 12.1. The molecule has 0 saturated heterocycles. The average molecular weight is 349 g/mol. The third-order valence-electron chi connectivity index (χ3n) is 4.65. The van der Waals surface area contributed by atoms with Crippen LogP contribution in [0.3, 0.4) is 0 Å². The zero-order valence-electron chi connectivity index (χ0n) is 16.0. The van der Waals surface area contributed by atoms with Crippen molar-refractivity contribution in [2.45, 2.75) is 40.2 Å². The fraction of sp³-hybridized carbons (Fsp3) is 0.364. The molecule has 1 atom stereocenters. The predicted molar refractivity (Wildman–Crippen MR) is 106 cm³/mol. The number of aromatic nitrogens is 2. The molecule has 4 nitrogen and oxygen atoms in total. The van der Waals surface area contributed by atoms with Gasteiger partial charge >= 0.3 is 0 Å². The van der Waals surface area contributed by atoms with Crippen molar-refractivity contribution in [1.82, 2.24) is 14.9 Å². The van der Waals surface area contributed by atoms with Crippen LogP contribution in [0.15, 0.2) is 54.6 Å². The first-order valence-electron chi connectivity index (χ1n) is 9.17. The molecule has 1 N–H and O–H groups in total. The minimum atomic E-state index is -0.378. The van der Waals surface area contributed by atoms with Crippen LogP contribution < -0.4 is 5.32 Å². The highest BCUT2D eigenvalue weighted by molar-refractivity contribution is 5.81. The van der Waals surface area contributed by atoms with Crippen LogP contribution in [0.4, 0.5) is 0 Å². The first-order chi connectivity index (χ1) is 12.4.